The zero-order valence-corrected chi connectivity index (χ0v) is 8.57. The van der Waals surface area contributed by atoms with Crippen LogP contribution in [0.4, 0.5) is 4.79 Å². The molecule has 80 valence electrons. The van der Waals surface area contributed by atoms with Crippen molar-refractivity contribution >= 4 is 6.09 Å². The Balaban J connectivity index is 1.97. The molecule has 2 rings (SSSR count). The van der Waals surface area contributed by atoms with Crippen molar-refractivity contribution in [2.75, 3.05) is 7.05 Å². The molecule has 0 aromatic heterocycles. The summed E-state index contributed by atoms with van der Waals surface area (Å²) in [5.74, 6) is 0. The molecule has 2 bridgehead atoms. The Labute approximate surface area is 84.3 Å². The number of piperidine rings is 2. The first kappa shape index (κ1) is 9.77. The maximum absolute atomic E-state index is 10.5. The summed E-state index contributed by atoms with van der Waals surface area (Å²) in [7, 11) is 2.17. The third-order valence-electron chi connectivity index (χ3n) is 3.67. The topological polar surface area (TPSA) is 52.6 Å². The van der Waals surface area contributed by atoms with Crippen LogP contribution in [0.1, 0.15) is 32.1 Å². The van der Waals surface area contributed by atoms with Gasteiger partial charge in [-0.15, -0.1) is 0 Å². The Bertz CT molecular complexity index is 218. The molecule has 0 saturated carbocycles. The molecule has 2 heterocycles. The Morgan fingerprint density at radius 1 is 1.36 bits per heavy atom. The van der Waals surface area contributed by atoms with E-state index in [1.54, 1.807) is 0 Å². The predicted octanol–water partition coefficient (Wildman–Crippen LogP) is 1.27. The summed E-state index contributed by atoms with van der Waals surface area (Å²) >= 11 is 0. The van der Waals surface area contributed by atoms with Crippen LogP contribution in [-0.2, 0) is 0 Å². The van der Waals surface area contributed by atoms with Gasteiger partial charge in [-0.1, -0.05) is 6.42 Å². The Hall–Kier alpha value is -0.770. The fourth-order valence-electron chi connectivity index (χ4n) is 2.91. The number of nitrogens with one attached hydrogen (secondary N) is 1. The number of hydrogen-bond donors (Lipinski definition) is 2. The molecule has 0 aliphatic carbocycles. The van der Waals surface area contributed by atoms with Crippen molar-refractivity contribution < 1.29 is 9.90 Å². The number of carbonyl (C=O) groups is 1. The van der Waals surface area contributed by atoms with Crippen LogP contribution in [0.5, 0.6) is 0 Å². The van der Waals surface area contributed by atoms with E-state index in [1.165, 1.54) is 19.3 Å². The highest BCUT2D eigenvalue weighted by molar-refractivity contribution is 5.64. The molecule has 2 fully saturated rings. The lowest BCUT2D eigenvalue weighted by atomic mass is 9.82. The van der Waals surface area contributed by atoms with Crippen LogP contribution in [0.3, 0.4) is 0 Å². The summed E-state index contributed by atoms with van der Waals surface area (Å²) in [6.07, 6.45) is 4.85. The first-order valence-electron chi connectivity index (χ1n) is 5.38. The number of amides is 1. The van der Waals surface area contributed by atoms with Crippen molar-refractivity contribution in [3.05, 3.63) is 0 Å². The van der Waals surface area contributed by atoms with E-state index in [0.29, 0.717) is 12.1 Å². The van der Waals surface area contributed by atoms with Gasteiger partial charge >= 0.3 is 6.09 Å². The average Bonchev–Trinajstić information content (AvgIpc) is 2.05. The van der Waals surface area contributed by atoms with Gasteiger partial charge in [-0.25, -0.2) is 4.79 Å². The Morgan fingerprint density at radius 2 is 1.93 bits per heavy atom. The van der Waals surface area contributed by atoms with Gasteiger partial charge in [0.1, 0.15) is 0 Å². The van der Waals surface area contributed by atoms with Gasteiger partial charge in [0.2, 0.25) is 0 Å². The molecule has 4 nitrogen and oxygen atoms in total. The minimum Gasteiger partial charge on any atom is -0.465 e. The lowest BCUT2D eigenvalue weighted by molar-refractivity contribution is 0.0488. The van der Waals surface area contributed by atoms with Crippen molar-refractivity contribution in [1.29, 1.82) is 0 Å². The third kappa shape index (κ3) is 1.85. The molecule has 2 unspecified atom stereocenters. The van der Waals surface area contributed by atoms with E-state index in [1.807, 2.05) is 0 Å². The summed E-state index contributed by atoms with van der Waals surface area (Å²) in [5, 5.41) is 11.3. The normalized spacial score (nSPS) is 37.9. The van der Waals surface area contributed by atoms with Crippen LogP contribution >= 0.6 is 0 Å². The molecule has 2 aliphatic rings. The van der Waals surface area contributed by atoms with E-state index in [9.17, 15) is 4.79 Å². The number of fused-ring (bicyclic) bond motifs is 2. The fourth-order valence-corrected chi connectivity index (χ4v) is 2.91. The molecule has 1 amide bonds. The molecule has 2 saturated heterocycles. The van der Waals surface area contributed by atoms with Crippen molar-refractivity contribution in [3.63, 3.8) is 0 Å². The smallest absolute Gasteiger partial charge is 0.404 e. The van der Waals surface area contributed by atoms with E-state index in [2.05, 4.69) is 17.3 Å². The van der Waals surface area contributed by atoms with Gasteiger partial charge in [0.25, 0.3) is 0 Å². The van der Waals surface area contributed by atoms with E-state index in [4.69, 9.17) is 5.11 Å². The van der Waals surface area contributed by atoms with Gasteiger partial charge in [0.05, 0.1) is 0 Å². The second-order valence-corrected chi connectivity index (χ2v) is 4.52. The zero-order valence-electron chi connectivity index (χ0n) is 8.57. The van der Waals surface area contributed by atoms with E-state index >= 15 is 0 Å². The summed E-state index contributed by atoms with van der Waals surface area (Å²) < 4.78 is 0. The highest BCUT2D eigenvalue weighted by Crippen LogP contribution is 2.32. The lowest BCUT2D eigenvalue weighted by Crippen LogP contribution is -2.55. The number of rotatable bonds is 1. The maximum Gasteiger partial charge on any atom is 0.404 e. The Morgan fingerprint density at radius 3 is 2.43 bits per heavy atom. The van der Waals surface area contributed by atoms with Crippen LogP contribution in [0.15, 0.2) is 0 Å². The predicted molar refractivity (Wildman–Crippen MR) is 53.4 cm³/mol. The van der Waals surface area contributed by atoms with Gasteiger partial charge in [0, 0.05) is 18.1 Å². The molecule has 0 aromatic rings. The maximum atomic E-state index is 10.5. The van der Waals surface area contributed by atoms with E-state index < -0.39 is 6.09 Å². The van der Waals surface area contributed by atoms with Crippen LogP contribution in [0.2, 0.25) is 0 Å². The second-order valence-electron chi connectivity index (χ2n) is 4.52. The number of carboxylic acid groups (broad SMARTS) is 1. The van der Waals surface area contributed by atoms with Gasteiger partial charge in [-0.3, -0.25) is 0 Å². The second kappa shape index (κ2) is 3.77. The zero-order chi connectivity index (χ0) is 10.1. The molecule has 2 atom stereocenters. The highest BCUT2D eigenvalue weighted by Gasteiger charge is 2.36. The monoisotopic (exact) mass is 198 g/mol. The molecule has 2 aliphatic heterocycles. The molecule has 2 N–H and O–H groups in total. The fraction of sp³-hybridized carbons (Fsp3) is 0.900. The Kier molecular flexibility index (Phi) is 2.63. The SMILES string of the molecule is CN1C2CCCC1CC(NC(=O)O)C2. The first-order valence-corrected chi connectivity index (χ1v) is 5.38. The van der Waals surface area contributed by atoms with Crippen LogP contribution in [0, 0.1) is 0 Å². The molecular formula is C10H18N2O2. The van der Waals surface area contributed by atoms with Crippen molar-refractivity contribution in [1.82, 2.24) is 10.2 Å². The summed E-state index contributed by atoms with van der Waals surface area (Å²) in [4.78, 5) is 13.0. The molecule has 14 heavy (non-hydrogen) atoms. The largest absolute Gasteiger partial charge is 0.465 e. The van der Waals surface area contributed by atoms with E-state index in [0.717, 1.165) is 12.8 Å². The molecule has 0 aromatic carbocycles. The third-order valence-corrected chi connectivity index (χ3v) is 3.67. The van der Waals surface area contributed by atoms with Crippen LogP contribution in [0.25, 0.3) is 0 Å². The minimum atomic E-state index is -0.877. The summed E-state index contributed by atoms with van der Waals surface area (Å²) in [5.41, 5.74) is 0. The molecule has 0 spiro atoms. The average molecular weight is 198 g/mol. The number of hydrogen-bond acceptors (Lipinski definition) is 2. The summed E-state index contributed by atoms with van der Waals surface area (Å²) in [6, 6.07) is 1.37. The minimum absolute atomic E-state index is 0.180. The van der Waals surface area contributed by atoms with Gasteiger partial charge in [-0.05, 0) is 32.7 Å². The standard InChI is InChI=1S/C10H18N2O2/c1-12-8-3-2-4-9(12)6-7(5-8)11-10(13)14/h7-9,11H,2-6H2,1H3,(H,13,14). The quantitative estimate of drug-likeness (QED) is 0.667. The van der Waals surface area contributed by atoms with Gasteiger partial charge < -0.3 is 15.3 Å². The first-order chi connectivity index (χ1) is 6.66. The highest BCUT2D eigenvalue weighted by atomic mass is 16.4. The van der Waals surface area contributed by atoms with Crippen LogP contribution in [-0.4, -0.2) is 41.3 Å². The van der Waals surface area contributed by atoms with Gasteiger partial charge in [0.15, 0.2) is 0 Å². The lowest BCUT2D eigenvalue weighted by Gasteiger charge is -2.46. The number of nitrogens with zero attached hydrogens (tertiary/aromatic N) is 1. The van der Waals surface area contributed by atoms with Crippen molar-refractivity contribution in [2.45, 2.75) is 50.2 Å². The molecule has 4 heteroatoms. The van der Waals surface area contributed by atoms with E-state index in [-0.39, 0.29) is 6.04 Å². The summed E-state index contributed by atoms with van der Waals surface area (Å²) in [6.45, 7) is 0. The van der Waals surface area contributed by atoms with Crippen molar-refractivity contribution in [3.8, 4) is 0 Å². The molecule has 0 radical (unpaired) electrons. The van der Waals surface area contributed by atoms with Crippen LogP contribution < -0.4 is 5.32 Å². The van der Waals surface area contributed by atoms with Gasteiger partial charge in [-0.2, -0.15) is 0 Å². The van der Waals surface area contributed by atoms with Crippen molar-refractivity contribution in [2.24, 2.45) is 0 Å². The molecular weight excluding hydrogens is 180 g/mol.